The van der Waals surface area contributed by atoms with E-state index < -0.39 is 0 Å². The highest BCUT2D eigenvalue weighted by molar-refractivity contribution is 4.79. The lowest BCUT2D eigenvalue weighted by atomic mass is 9.75. The van der Waals surface area contributed by atoms with E-state index in [2.05, 4.69) is 27.7 Å². The maximum absolute atomic E-state index is 9.56. The Hall–Kier alpha value is -0.0400. The van der Waals surface area contributed by atoms with E-state index in [1.165, 1.54) is 0 Å². The molecule has 0 aliphatic rings. The van der Waals surface area contributed by atoms with Crippen LogP contribution in [0.4, 0.5) is 0 Å². The Morgan fingerprint density at radius 2 is 1.70 bits per heavy atom. The molecular weight excluding hydrogens is 124 g/mol. The first kappa shape index (κ1) is 9.96. The predicted molar refractivity (Wildman–Crippen MR) is 44.9 cm³/mol. The topological polar surface area (TPSA) is 20.2 Å². The molecule has 0 saturated carbocycles. The van der Waals surface area contributed by atoms with Crippen LogP contribution < -0.4 is 0 Å². The highest BCUT2D eigenvalue weighted by atomic mass is 16.3. The molecule has 0 rings (SSSR count). The van der Waals surface area contributed by atoms with E-state index in [1.807, 2.05) is 6.92 Å². The summed E-state index contributed by atoms with van der Waals surface area (Å²) >= 11 is 0. The van der Waals surface area contributed by atoms with E-state index in [0.717, 1.165) is 6.42 Å². The van der Waals surface area contributed by atoms with Gasteiger partial charge in [-0.2, -0.15) is 0 Å². The monoisotopic (exact) mass is 144 g/mol. The standard InChI is InChI=1S/C9H20O/c1-6-8(10)9(4,5)7(2)3/h7-8,10H,6H2,1-5H3/t8-/m1/s1. The van der Waals surface area contributed by atoms with Crippen LogP contribution in [0.1, 0.15) is 41.0 Å². The van der Waals surface area contributed by atoms with Crippen molar-refractivity contribution >= 4 is 0 Å². The van der Waals surface area contributed by atoms with Gasteiger partial charge in [0.05, 0.1) is 6.10 Å². The maximum Gasteiger partial charge on any atom is 0.0591 e. The molecule has 0 unspecified atom stereocenters. The molecule has 0 aromatic rings. The van der Waals surface area contributed by atoms with Gasteiger partial charge in [0, 0.05) is 0 Å². The average Bonchev–Trinajstić information content (AvgIpc) is 1.86. The molecule has 0 aromatic heterocycles. The zero-order valence-corrected chi connectivity index (χ0v) is 7.81. The van der Waals surface area contributed by atoms with Gasteiger partial charge in [0.1, 0.15) is 0 Å². The van der Waals surface area contributed by atoms with Crippen LogP contribution in [0, 0.1) is 11.3 Å². The van der Waals surface area contributed by atoms with Crippen LogP contribution in [0.5, 0.6) is 0 Å². The minimum absolute atomic E-state index is 0.0642. The third kappa shape index (κ3) is 1.98. The van der Waals surface area contributed by atoms with Gasteiger partial charge >= 0.3 is 0 Å². The van der Waals surface area contributed by atoms with Crippen molar-refractivity contribution in [3.8, 4) is 0 Å². The highest BCUT2D eigenvalue weighted by Crippen LogP contribution is 2.31. The van der Waals surface area contributed by atoms with E-state index >= 15 is 0 Å². The lowest BCUT2D eigenvalue weighted by Gasteiger charge is -2.33. The van der Waals surface area contributed by atoms with Gasteiger partial charge in [-0.3, -0.25) is 0 Å². The number of aliphatic hydroxyl groups is 1. The predicted octanol–water partition coefficient (Wildman–Crippen LogP) is 2.44. The van der Waals surface area contributed by atoms with Crippen molar-refractivity contribution in [2.45, 2.75) is 47.1 Å². The van der Waals surface area contributed by atoms with E-state index in [1.54, 1.807) is 0 Å². The second-order valence-corrected chi connectivity index (χ2v) is 3.90. The number of rotatable bonds is 3. The molecule has 0 fully saturated rings. The summed E-state index contributed by atoms with van der Waals surface area (Å²) in [5.41, 5.74) is 0.0642. The average molecular weight is 144 g/mol. The highest BCUT2D eigenvalue weighted by Gasteiger charge is 2.29. The second kappa shape index (κ2) is 3.38. The van der Waals surface area contributed by atoms with Crippen LogP contribution in [0.3, 0.4) is 0 Å². The first-order valence-corrected chi connectivity index (χ1v) is 4.11. The fourth-order valence-corrected chi connectivity index (χ4v) is 0.911. The van der Waals surface area contributed by atoms with E-state index in [9.17, 15) is 5.11 Å². The molecule has 1 nitrogen and oxygen atoms in total. The molecule has 1 N–H and O–H groups in total. The van der Waals surface area contributed by atoms with Crippen LogP contribution in [-0.4, -0.2) is 11.2 Å². The minimum atomic E-state index is -0.160. The number of hydrogen-bond acceptors (Lipinski definition) is 1. The SMILES string of the molecule is CC[C@@H](O)C(C)(C)C(C)C. The van der Waals surface area contributed by atoms with E-state index in [4.69, 9.17) is 0 Å². The summed E-state index contributed by atoms with van der Waals surface area (Å²) in [6, 6.07) is 0. The summed E-state index contributed by atoms with van der Waals surface area (Å²) in [7, 11) is 0. The summed E-state index contributed by atoms with van der Waals surface area (Å²) in [6.07, 6.45) is 0.693. The van der Waals surface area contributed by atoms with Gasteiger partial charge in [-0.25, -0.2) is 0 Å². The normalized spacial score (nSPS) is 15.9. The third-order valence-corrected chi connectivity index (χ3v) is 2.73. The Morgan fingerprint density at radius 1 is 1.30 bits per heavy atom. The fourth-order valence-electron chi connectivity index (χ4n) is 0.911. The van der Waals surface area contributed by atoms with E-state index in [-0.39, 0.29) is 11.5 Å². The van der Waals surface area contributed by atoms with Crippen molar-refractivity contribution in [3.05, 3.63) is 0 Å². The zero-order chi connectivity index (χ0) is 8.36. The summed E-state index contributed by atoms with van der Waals surface area (Å²) in [5, 5.41) is 9.56. The number of aliphatic hydroxyl groups excluding tert-OH is 1. The molecule has 1 heteroatoms. The smallest absolute Gasteiger partial charge is 0.0591 e. The molecule has 0 spiro atoms. The Labute approximate surface area is 64.5 Å². The maximum atomic E-state index is 9.56. The molecule has 0 amide bonds. The van der Waals surface area contributed by atoms with Gasteiger partial charge in [0.15, 0.2) is 0 Å². The minimum Gasteiger partial charge on any atom is -0.393 e. The fraction of sp³-hybridized carbons (Fsp3) is 1.00. The van der Waals surface area contributed by atoms with Crippen molar-refractivity contribution in [3.63, 3.8) is 0 Å². The summed E-state index contributed by atoms with van der Waals surface area (Å²) in [6.45, 7) is 10.6. The molecule has 62 valence electrons. The Balaban J connectivity index is 4.09. The van der Waals surface area contributed by atoms with Gasteiger partial charge in [-0.15, -0.1) is 0 Å². The van der Waals surface area contributed by atoms with Crippen LogP contribution in [-0.2, 0) is 0 Å². The van der Waals surface area contributed by atoms with Crippen molar-refractivity contribution < 1.29 is 5.11 Å². The van der Waals surface area contributed by atoms with Crippen LogP contribution in [0.25, 0.3) is 0 Å². The molecule has 0 bridgehead atoms. The van der Waals surface area contributed by atoms with Gasteiger partial charge in [0.2, 0.25) is 0 Å². The summed E-state index contributed by atoms with van der Waals surface area (Å²) in [5.74, 6) is 0.544. The van der Waals surface area contributed by atoms with E-state index in [0.29, 0.717) is 5.92 Å². The molecule has 0 radical (unpaired) electrons. The second-order valence-electron chi connectivity index (χ2n) is 3.90. The van der Waals surface area contributed by atoms with Crippen molar-refractivity contribution in [1.82, 2.24) is 0 Å². The van der Waals surface area contributed by atoms with Crippen LogP contribution in [0.2, 0.25) is 0 Å². The van der Waals surface area contributed by atoms with Gasteiger partial charge in [-0.1, -0.05) is 34.6 Å². The Bertz CT molecular complexity index is 94.9. The lowest BCUT2D eigenvalue weighted by Crippen LogP contribution is -2.33. The molecule has 10 heavy (non-hydrogen) atoms. The molecule has 0 aliphatic heterocycles. The number of hydrogen-bond donors (Lipinski definition) is 1. The zero-order valence-electron chi connectivity index (χ0n) is 7.81. The largest absolute Gasteiger partial charge is 0.393 e. The van der Waals surface area contributed by atoms with Gasteiger partial charge < -0.3 is 5.11 Å². The molecular formula is C9H20O. The molecule has 0 aliphatic carbocycles. The third-order valence-electron chi connectivity index (χ3n) is 2.73. The Morgan fingerprint density at radius 3 is 1.80 bits per heavy atom. The quantitative estimate of drug-likeness (QED) is 0.645. The first-order valence-electron chi connectivity index (χ1n) is 4.11. The van der Waals surface area contributed by atoms with Crippen molar-refractivity contribution in [2.75, 3.05) is 0 Å². The lowest BCUT2D eigenvalue weighted by molar-refractivity contribution is 0.0149. The molecule has 0 aromatic carbocycles. The molecule has 1 atom stereocenters. The summed E-state index contributed by atoms with van der Waals surface area (Å²) in [4.78, 5) is 0. The van der Waals surface area contributed by atoms with Gasteiger partial charge in [0.25, 0.3) is 0 Å². The molecule has 0 saturated heterocycles. The van der Waals surface area contributed by atoms with Crippen molar-refractivity contribution in [1.29, 1.82) is 0 Å². The van der Waals surface area contributed by atoms with Crippen molar-refractivity contribution in [2.24, 2.45) is 11.3 Å². The summed E-state index contributed by atoms with van der Waals surface area (Å²) < 4.78 is 0. The van der Waals surface area contributed by atoms with Crippen LogP contribution >= 0.6 is 0 Å². The van der Waals surface area contributed by atoms with Crippen LogP contribution in [0.15, 0.2) is 0 Å². The van der Waals surface area contributed by atoms with Gasteiger partial charge in [-0.05, 0) is 17.8 Å². The Kier molecular flexibility index (Phi) is 3.37. The molecule has 0 heterocycles. The first-order chi connectivity index (χ1) is 4.42.